The molecule has 0 aliphatic rings. The summed E-state index contributed by atoms with van der Waals surface area (Å²) in [7, 11) is -2.20. The van der Waals surface area contributed by atoms with Crippen LogP contribution in [0.1, 0.15) is 12.0 Å². The summed E-state index contributed by atoms with van der Waals surface area (Å²) in [5.74, 6) is 0. The molecule has 1 atom stereocenters. The van der Waals surface area contributed by atoms with Gasteiger partial charge in [0.1, 0.15) is 0 Å². The number of hydrogen-bond acceptors (Lipinski definition) is 5. The first kappa shape index (κ1) is 15.6. The van der Waals surface area contributed by atoms with Crippen molar-refractivity contribution >= 4 is 10.0 Å². The lowest BCUT2D eigenvalue weighted by molar-refractivity contribution is 0.0603. The third-order valence-corrected chi connectivity index (χ3v) is 3.86. The second kappa shape index (κ2) is 7.21. The van der Waals surface area contributed by atoms with E-state index < -0.39 is 16.1 Å². The van der Waals surface area contributed by atoms with Crippen LogP contribution in [0.2, 0.25) is 0 Å². The van der Waals surface area contributed by atoms with Gasteiger partial charge < -0.3 is 9.84 Å². The summed E-state index contributed by atoms with van der Waals surface area (Å²) in [5, 5.41) is 18.1. The second-order valence-corrected chi connectivity index (χ2v) is 5.70. The third kappa shape index (κ3) is 4.96. The number of nitrogens with zero attached hydrogens (tertiary/aromatic N) is 1. The van der Waals surface area contributed by atoms with Gasteiger partial charge in [0.25, 0.3) is 0 Å². The topological polar surface area (TPSA) is 99.4 Å². The zero-order valence-electron chi connectivity index (χ0n) is 10.5. The van der Waals surface area contributed by atoms with Crippen molar-refractivity contribution in [3.05, 3.63) is 29.8 Å². The summed E-state index contributed by atoms with van der Waals surface area (Å²) in [6.07, 6.45) is -0.455. The molecular formula is C12H16N2O4S. The maximum absolute atomic E-state index is 11.9. The molecule has 19 heavy (non-hydrogen) atoms. The van der Waals surface area contributed by atoms with Crippen molar-refractivity contribution in [1.29, 1.82) is 5.26 Å². The number of hydrogen-bond donors (Lipinski definition) is 2. The quantitative estimate of drug-likeness (QED) is 0.747. The Kier molecular flexibility index (Phi) is 5.92. The van der Waals surface area contributed by atoms with Gasteiger partial charge in [-0.15, -0.1) is 0 Å². The average Bonchev–Trinajstić information content (AvgIpc) is 2.39. The molecule has 0 aliphatic carbocycles. The van der Waals surface area contributed by atoms with Crippen molar-refractivity contribution in [3.8, 4) is 6.07 Å². The van der Waals surface area contributed by atoms with E-state index in [1.54, 1.807) is 0 Å². The Morgan fingerprint density at radius 1 is 1.53 bits per heavy atom. The first-order valence-electron chi connectivity index (χ1n) is 5.66. The van der Waals surface area contributed by atoms with E-state index in [0.717, 1.165) is 0 Å². The average molecular weight is 284 g/mol. The van der Waals surface area contributed by atoms with Crippen LogP contribution in [0.15, 0.2) is 29.2 Å². The van der Waals surface area contributed by atoms with Crippen molar-refractivity contribution in [2.24, 2.45) is 0 Å². The Morgan fingerprint density at radius 3 is 2.89 bits per heavy atom. The van der Waals surface area contributed by atoms with Gasteiger partial charge in [0.2, 0.25) is 10.0 Å². The largest absolute Gasteiger partial charge is 0.391 e. The van der Waals surface area contributed by atoms with Crippen LogP contribution >= 0.6 is 0 Å². The molecule has 0 saturated heterocycles. The molecule has 0 saturated carbocycles. The Labute approximate surface area is 112 Å². The van der Waals surface area contributed by atoms with Crippen molar-refractivity contribution in [1.82, 2.24) is 4.72 Å². The molecule has 0 radical (unpaired) electrons. The minimum Gasteiger partial charge on any atom is -0.391 e. The first-order valence-corrected chi connectivity index (χ1v) is 7.14. The van der Waals surface area contributed by atoms with E-state index in [-0.39, 0.29) is 30.0 Å². The van der Waals surface area contributed by atoms with Gasteiger partial charge in [0, 0.05) is 13.7 Å². The number of aliphatic hydroxyl groups excluding tert-OH is 1. The molecule has 7 heteroatoms. The molecule has 0 spiro atoms. The van der Waals surface area contributed by atoms with Gasteiger partial charge in [-0.25, -0.2) is 13.1 Å². The highest BCUT2D eigenvalue weighted by atomic mass is 32.2. The van der Waals surface area contributed by atoms with Gasteiger partial charge in [0.15, 0.2) is 0 Å². The summed E-state index contributed by atoms with van der Waals surface area (Å²) in [6, 6.07) is 7.63. The predicted molar refractivity (Wildman–Crippen MR) is 68.8 cm³/mol. The molecule has 104 valence electrons. The molecule has 0 amide bonds. The molecule has 1 rings (SSSR count). The van der Waals surface area contributed by atoms with Crippen LogP contribution in [0.25, 0.3) is 0 Å². The molecule has 6 nitrogen and oxygen atoms in total. The number of methoxy groups -OCH3 is 1. The van der Waals surface area contributed by atoms with Gasteiger partial charge in [-0.05, 0) is 24.6 Å². The van der Waals surface area contributed by atoms with E-state index >= 15 is 0 Å². The van der Waals surface area contributed by atoms with E-state index in [2.05, 4.69) is 4.72 Å². The van der Waals surface area contributed by atoms with Gasteiger partial charge >= 0.3 is 0 Å². The molecule has 1 aromatic carbocycles. The Hall–Kier alpha value is -1.46. The normalized spacial score (nSPS) is 12.9. The van der Waals surface area contributed by atoms with Crippen LogP contribution in [-0.4, -0.2) is 39.9 Å². The fourth-order valence-electron chi connectivity index (χ4n) is 1.45. The lowest BCUT2D eigenvalue weighted by atomic mass is 10.2. The number of ether oxygens (including phenoxy) is 1. The van der Waals surface area contributed by atoms with Crippen molar-refractivity contribution < 1.29 is 18.3 Å². The number of benzene rings is 1. The lowest BCUT2D eigenvalue weighted by Gasteiger charge is -2.10. The van der Waals surface area contributed by atoms with Gasteiger partial charge in [0.05, 0.1) is 29.2 Å². The Balaban J connectivity index is 2.63. The second-order valence-electron chi connectivity index (χ2n) is 3.94. The molecule has 1 unspecified atom stereocenters. The molecule has 0 heterocycles. The van der Waals surface area contributed by atoms with E-state index in [1.807, 2.05) is 6.07 Å². The van der Waals surface area contributed by atoms with Gasteiger partial charge in [-0.1, -0.05) is 6.07 Å². The fourth-order valence-corrected chi connectivity index (χ4v) is 2.54. The van der Waals surface area contributed by atoms with Gasteiger partial charge in [-0.2, -0.15) is 5.26 Å². The summed E-state index contributed by atoms with van der Waals surface area (Å²) in [5.41, 5.74) is 0.280. The zero-order chi connectivity index (χ0) is 14.3. The van der Waals surface area contributed by atoms with Crippen LogP contribution in [0.4, 0.5) is 0 Å². The smallest absolute Gasteiger partial charge is 0.240 e. The molecule has 0 aliphatic heterocycles. The predicted octanol–water partition coefficient (Wildman–Crippen LogP) is 0.234. The summed E-state index contributed by atoms with van der Waals surface area (Å²) < 4.78 is 30.9. The standard InChI is InChI=1S/C12H16N2O4S/c1-18-9-11(15)5-6-14-19(16,17)12-4-2-3-10(7-12)8-13/h2-4,7,11,14-15H,5-6,9H2,1H3. The minimum absolute atomic E-state index is 0.0350. The number of sulfonamides is 1. The molecule has 0 aromatic heterocycles. The Bertz CT molecular complexity index is 551. The number of rotatable bonds is 7. The third-order valence-electron chi connectivity index (χ3n) is 2.40. The highest BCUT2D eigenvalue weighted by Crippen LogP contribution is 2.10. The molecule has 0 fully saturated rings. The molecule has 2 N–H and O–H groups in total. The zero-order valence-corrected chi connectivity index (χ0v) is 11.4. The molecular weight excluding hydrogens is 268 g/mol. The van der Waals surface area contributed by atoms with Crippen molar-refractivity contribution in [2.45, 2.75) is 17.4 Å². The molecule has 0 bridgehead atoms. The highest BCUT2D eigenvalue weighted by Gasteiger charge is 2.14. The monoisotopic (exact) mass is 284 g/mol. The molecule has 1 aromatic rings. The summed E-state index contributed by atoms with van der Waals surface area (Å²) in [6.45, 7) is 0.259. The maximum atomic E-state index is 11.9. The van der Waals surface area contributed by atoms with E-state index in [4.69, 9.17) is 10.00 Å². The summed E-state index contributed by atoms with van der Waals surface area (Å²) in [4.78, 5) is 0.0350. The minimum atomic E-state index is -3.66. The number of nitrogens with one attached hydrogen (secondary N) is 1. The van der Waals surface area contributed by atoms with Crippen LogP contribution < -0.4 is 4.72 Å². The van der Waals surface area contributed by atoms with Crippen LogP contribution in [0, 0.1) is 11.3 Å². The SMILES string of the molecule is COCC(O)CCNS(=O)(=O)c1cccc(C#N)c1. The van der Waals surface area contributed by atoms with Crippen molar-refractivity contribution in [2.75, 3.05) is 20.3 Å². The van der Waals surface area contributed by atoms with Crippen LogP contribution in [0.3, 0.4) is 0 Å². The van der Waals surface area contributed by atoms with Gasteiger partial charge in [-0.3, -0.25) is 0 Å². The highest BCUT2D eigenvalue weighted by molar-refractivity contribution is 7.89. The number of nitriles is 1. The first-order chi connectivity index (χ1) is 8.99. The summed E-state index contributed by atoms with van der Waals surface area (Å²) >= 11 is 0. The van der Waals surface area contributed by atoms with E-state index in [9.17, 15) is 13.5 Å². The Morgan fingerprint density at radius 2 is 2.26 bits per heavy atom. The maximum Gasteiger partial charge on any atom is 0.240 e. The van der Waals surface area contributed by atoms with Crippen LogP contribution in [-0.2, 0) is 14.8 Å². The number of aliphatic hydroxyl groups is 1. The van der Waals surface area contributed by atoms with Crippen LogP contribution in [0.5, 0.6) is 0 Å². The fraction of sp³-hybridized carbons (Fsp3) is 0.417. The van der Waals surface area contributed by atoms with E-state index in [0.29, 0.717) is 0 Å². The van der Waals surface area contributed by atoms with Crippen molar-refractivity contribution in [3.63, 3.8) is 0 Å². The lowest BCUT2D eigenvalue weighted by Crippen LogP contribution is -2.28. The van der Waals surface area contributed by atoms with E-state index in [1.165, 1.54) is 31.4 Å².